The van der Waals surface area contributed by atoms with Crippen molar-refractivity contribution in [3.63, 3.8) is 0 Å². The van der Waals surface area contributed by atoms with Gasteiger partial charge in [0.25, 0.3) is 5.91 Å². The third-order valence-corrected chi connectivity index (χ3v) is 6.24. The van der Waals surface area contributed by atoms with Gasteiger partial charge in [-0.05, 0) is 43.4 Å². The number of hydrogen-bond acceptors (Lipinski definition) is 3. The zero-order valence-electron chi connectivity index (χ0n) is 17.1. The number of rotatable bonds is 4. The van der Waals surface area contributed by atoms with Crippen LogP contribution in [0.3, 0.4) is 0 Å². The predicted octanol–water partition coefficient (Wildman–Crippen LogP) is 4.22. The lowest BCUT2D eigenvalue weighted by Crippen LogP contribution is -2.39. The van der Waals surface area contributed by atoms with Gasteiger partial charge < -0.3 is 4.90 Å². The summed E-state index contributed by atoms with van der Waals surface area (Å²) in [5.41, 5.74) is 2.25. The molecule has 5 nitrogen and oxygen atoms in total. The van der Waals surface area contributed by atoms with Crippen LogP contribution in [-0.2, 0) is 19.1 Å². The van der Waals surface area contributed by atoms with Crippen LogP contribution >= 0.6 is 0 Å². The van der Waals surface area contributed by atoms with E-state index in [1.54, 1.807) is 17.0 Å². The molecule has 1 saturated heterocycles. The Morgan fingerprint density at radius 3 is 2.63 bits per heavy atom. The van der Waals surface area contributed by atoms with Crippen LogP contribution in [0.15, 0.2) is 24.3 Å². The maximum Gasteiger partial charge on any atom is 0.416 e. The molecular weight excluding hydrogens is 393 g/mol. The summed E-state index contributed by atoms with van der Waals surface area (Å²) < 4.78 is 40.1. The van der Waals surface area contributed by atoms with E-state index in [1.807, 2.05) is 0 Å². The minimum atomic E-state index is -4.36. The van der Waals surface area contributed by atoms with E-state index in [-0.39, 0.29) is 11.8 Å². The molecule has 1 fully saturated rings. The Bertz CT molecular complexity index is 900. The fourth-order valence-corrected chi connectivity index (χ4v) is 4.69. The fraction of sp³-hybridized carbons (Fsp3) is 0.545. The normalized spacial score (nSPS) is 18.5. The van der Waals surface area contributed by atoms with Crippen molar-refractivity contribution in [2.45, 2.75) is 51.2 Å². The number of carbonyl (C=O) groups excluding carboxylic acids is 1. The minimum Gasteiger partial charge on any atom is -0.337 e. The van der Waals surface area contributed by atoms with E-state index in [1.165, 1.54) is 6.07 Å². The first-order valence-electron chi connectivity index (χ1n) is 10.6. The van der Waals surface area contributed by atoms with E-state index >= 15 is 0 Å². The summed E-state index contributed by atoms with van der Waals surface area (Å²) in [4.78, 5) is 17.2. The van der Waals surface area contributed by atoms with Gasteiger partial charge in [-0.15, -0.1) is 0 Å². The number of aromatic amines is 1. The van der Waals surface area contributed by atoms with Gasteiger partial charge in [0.1, 0.15) is 0 Å². The average Bonchev–Trinajstić information content (AvgIpc) is 3.16. The number of H-pyrrole nitrogens is 1. The number of nitrogens with zero attached hydrogens (tertiary/aromatic N) is 3. The molecule has 162 valence electrons. The summed E-state index contributed by atoms with van der Waals surface area (Å²) in [6.07, 6.45) is -1.40. The lowest BCUT2D eigenvalue weighted by Gasteiger charge is -2.33. The molecule has 1 amide bonds. The molecule has 0 spiro atoms. The van der Waals surface area contributed by atoms with Gasteiger partial charge in [0.2, 0.25) is 0 Å². The van der Waals surface area contributed by atoms with E-state index in [0.717, 1.165) is 49.8 Å². The molecule has 4 rings (SSSR count). The molecule has 0 aliphatic carbocycles. The van der Waals surface area contributed by atoms with E-state index < -0.39 is 11.7 Å². The standard InChI is InChI=1S/C22H27F3N4O/c1-2-10-28-11-9-19-17(14-28)20(27-26-19)21(30)29-12-7-15(8-13-29)16-5-3-4-6-18(16)22(23,24)25/h3-6,15H,2,7-14H2,1H3,(H,26,27). The molecule has 2 aliphatic rings. The van der Waals surface area contributed by atoms with Gasteiger partial charge in [0, 0.05) is 43.9 Å². The molecular formula is C22H27F3N4O. The Kier molecular flexibility index (Phi) is 5.86. The van der Waals surface area contributed by atoms with Crippen molar-refractivity contribution in [1.29, 1.82) is 0 Å². The smallest absolute Gasteiger partial charge is 0.337 e. The van der Waals surface area contributed by atoms with Crippen LogP contribution in [0.2, 0.25) is 0 Å². The molecule has 0 unspecified atom stereocenters. The largest absolute Gasteiger partial charge is 0.416 e. The van der Waals surface area contributed by atoms with Gasteiger partial charge in [0.05, 0.1) is 5.56 Å². The van der Waals surface area contributed by atoms with Crippen molar-refractivity contribution >= 4 is 5.91 Å². The van der Waals surface area contributed by atoms with Crippen LogP contribution in [-0.4, -0.2) is 52.1 Å². The molecule has 8 heteroatoms. The number of halogens is 3. The highest BCUT2D eigenvalue weighted by molar-refractivity contribution is 5.94. The SMILES string of the molecule is CCCN1CCc2[nH]nc(C(=O)N3CCC(c4ccccc4C(F)(F)F)CC3)c2C1. The molecule has 3 heterocycles. The van der Waals surface area contributed by atoms with E-state index in [9.17, 15) is 18.0 Å². The molecule has 0 atom stereocenters. The van der Waals surface area contributed by atoms with Crippen LogP contribution in [0.4, 0.5) is 13.2 Å². The Balaban J connectivity index is 1.45. The first-order chi connectivity index (χ1) is 14.4. The molecule has 0 saturated carbocycles. The van der Waals surface area contributed by atoms with Crippen molar-refractivity contribution in [3.8, 4) is 0 Å². The number of fused-ring (bicyclic) bond motifs is 1. The van der Waals surface area contributed by atoms with Crippen LogP contribution < -0.4 is 0 Å². The van der Waals surface area contributed by atoms with Crippen molar-refractivity contribution in [2.24, 2.45) is 0 Å². The third kappa shape index (κ3) is 4.10. The molecule has 0 radical (unpaired) electrons. The number of carbonyl (C=O) groups is 1. The summed E-state index contributed by atoms with van der Waals surface area (Å²) in [6, 6.07) is 5.79. The number of nitrogens with one attached hydrogen (secondary N) is 1. The summed E-state index contributed by atoms with van der Waals surface area (Å²) in [5.74, 6) is -0.312. The first kappa shape index (κ1) is 20.9. The number of hydrogen-bond donors (Lipinski definition) is 1. The predicted molar refractivity (Wildman–Crippen MR) is 107 cm³/mol. The maximum absolute atomic E-state index is 13.4. The highest BCUT2D eigenvalue weighted by Gasteiger charge is 2.36. The van der Waals surface area contributed by atoms with Gasteiger partial charge in [0.15, 0.2) is 5.69 Å². The van der Waals surface area contributed by atoms with Gasteiger partial charge in [-0.3, -0.25) is 14.8 Å². The number of benzene rings is 1. The Labute approximate surface area is 174 Å². The monoisotopic (exact) mass is 420 g/mol. The second-order valence-corrected chi connectivity index (χ2v) is 8.21. The fourth-order valence-electron chi connectivity index (χ4n) is 4.69. The van der Waals surface area contributed by atoms with Crippen LogP contribution in [0, 0.1) is 0 Å². The first-order valence-corrected chi connectivity index (χ1v) is 10.6. The molecule has 1 aromatic carbocycles. The van der Waals surface area contributed by atoms with E-state index in [0.29, 0.717) is 37.2 Å². The van der Waals surface area contributed by atoms with E-state index in [4.69, 9.17) is 0 Å². The lowest BCUT2D eigenvalue weighted by molar-refractivity contribution is -0.138. The summed E-state index contributed by atoms with van der Waals surface area (Å²) in [5, 5.41) is 7.32. The maximum atomic E-state index is 13.4. The second kappa shape index (κ2) is 8.41. The molecule has 1 aromatic heterocycles. The minimum absolute atomic E-state index is 0.117. The highest BCUT2D eigenvalue weighted by Crippen LogP contribution is 2.38. The highest BCUT2D eigenvalue weighted by atomic mass is 19.4. The Hall–Kier alpha value is -2.35. The van der Waals surface area contributed by atoms with Crippen LogP contribution in [0.5, 0.6) is 0 Å². The van der Waals surface area contributed by atoms with Gasteiger partial charge in [-0.2, -0.15) is 18.3 Å². The third-order valence-electron chi connectivity index (χ3n) is 6.24. The van der Waals surface area contributed by atoms with Gasteiger partial charge in [-0.25, -0.2) is 0 Å². The quantitative estimate of drug-likeness (QED) is 0.806. The van der Waals surface area contributed by atoms with Gasteiger partial charge >= 0.3 is 6.18 Å². The molecule has 2 aromatic rings. The zero-order valence-corrected chi connectivity index (χ0v) is 17.1. The number of likely N-dealkylation sites (tertiary alicyclic amines) is 1. The lowest BCUT2D eigenvalue weighted by atomic mass is 9.86. The van der Waals surface area contributed by atoms with Crippen molar-refractivity contribution < 1.29 is 18.0 Å². The summed E-state index contributed by atoms with van der Waals surface area (Å²) >= 11 is 0. The average molecular weight is 420 g/mol. The summed E-state index contributed by atoms with van der Waals surface area (Å²) in [6.45, 7) is 5.68. The van der Waals surface area contributed by atoms with Crippen molar-refractivity contribution in [3.05, 3.63) is 52.3 Å². The molecule has 0 bridgehead atoms. The van der Waals surface area contributed by atoms with Crippen LogP contribution in [0.25, 0.3) is 0 Å². The second-order valence-electron chi connectivity index (χ2n) is 8.21. The number of piperidine rings is 1. The molecule has 30 heavy (non-hydrogen) atoms. The Morgan fingerprint density at radius 2 is 1.93 bits per heavy atom. The van der Waals surface area contributed by atoms with E-state index in [2.05, 4.69) is 22.0 Å². The number of aromatic nitrogens is 2. The van der Waals surface area contributed by atoms with Gasteiger partial charge in [-0.1, -0.05) is 25.1 Å². The Morgan fingerprint density at radius 1 is 1.20 bits per heavy atom. The topological polar surface area (TPSA) is 52.2 Å². The molecule has 1 N–H and O–H groups in total. The van der Waals surface area contributed by atoms with Crippen molar-refractivity contribution in [1.82, 2.24) is 20.0 Å². The number of amides is 1. The number of alkyl halides is 3. The zero-order chi connectivity index (χ0) is 21.3. The van der Waals surface area contributed by atoms with Crippen LogP contribution in [0.1, 0.15) is 65.0 Å². The summed E-state index contributed by atoms with van der Waals surface area (Å²) in [7, 11) is 0. The van der Waals surface area contributed by atoms with Crippen molar-refractivity contribution in [2.75, 3.05) is 26.2 Å². The molecule has 2 aliphatic heterocycles.